The number of carbonyl (C=O) groups excluding carboxylic acids is 2. The van der Waals surface area contributed by atoms with Gasteiger partial charge in [0.2, 0.25) is 11.8 Å². The number of hydrogen-bond acceptors (Lipinski definition) is 4. The number of nitrogens with two attached hydrogens (primary N) is 2. The summed E-state index contributed by atoms with van der Waals surface area (Å²) >= 11 is 0. The topological polar surface area (TPSA) is 92.7 Å². The first-order valence-corrected chi connectivity index (χ1v) is 5.85. The molecule has 6 heteroatoms. The van der Waals surface area contributed by atoms with Gasteiger partial charge < -0.3 is 21.3 Å². The van der Waals surface area contributed by atoms with Gasteiger partial charge in [0.15, 0.2) is 0 Å². The van der Waals surface area contributed by atoms with Crippen LogP contribution in [0.1, 0.15) is 19.3 Å². The van der Waals surface area contributed by atoms with E-state index in [9.17, 15) is 9.59 Å². The van der Waals surface area contributed by atoms with Gasteiger partial charge in [0.05, 0.1) is 0 Å². The van der Waals surface area contributed by atoms with Crippen molar-refractivity contribution in [2.45, 2.75) is 19.3 Å². The summed E-state index contributed by atoms with van der Waals surface area (Å²) in [6.07, 6.45) is 1.63. The number of primary amides is 2. The Bertz CT molecular complexity index is 226. The first-order valence-electron chi connectivity index (χ1n) is 5.85. The highest BCUT2D eigenvalue weighted by Gasteiger charge is 2.08. The number of rotatable bonds is 10. The Hall–Kier alpha value is -1.14. The lowest BCUT2D eigenvalue weighted by molar-refractivity contribution is -0.118. The Morgan fingerprint density at radius 3 is 1.71 bits per heavy atom. The van der Waals surface area contributed by atoms with Gasteiger partial charge in [0.25, 0.3) is 0 Å². The van der Waals surface area contributed by atoms with Crippen molar-refractivity contribution in [1.82, 2.24) is 9.80 Å². The third-order valence-corrected chi connectivity index (χ3v) is 2.43. The number of amides is 2. The molecular formula is C11H24N4O2. The highest BCUT2D eigenvalue weighted by molar-refractivity contribution is 5.74. The van der Waals surface area contributed by atoms with Crippen molar-refractivity contribution in [3.05, 3.63) is 0 Å². The van der Waals surface area contributed by atoms with E-state index >= 15 is 0 Å². The van der Waals surface area contributed by atoms with Gasteiger partial charge in [-0.3, -0.25) is 9.59 Å². The van der Waals surface area contributed by atoms with Crippen LogP contribution < -0.4 is 11.5 Å². The Morgan fingerprint density at radius 1 is 0.882 bits per heavy atom. The molecule has 0 aliphatic heterocycles. The molecule has 2 amide bonds. The summed E-state index contributed by atoms with van der Waals surface area (Å²) in [4.78, 5) is 25.6. The molecule has 100 valence electrons. The van der Waals surface area contributed by atoms with Crippen LogP contribution in [0, 0.1) is 0 Å². The molecule has 0 aliphatic rings. The molecule has 0 bridgehead atoms. The molecule has 4 N–H and O–H groups in total. The van der Waals surface area contributed by atoms with Gasteiger partial charge in [-0.1, -0.05) is 0 Å². The molecule has 17 heavy (non-hydrogen) atoms. The molecule has 0 aromatic rings. The maximum Gasteiger partial charge on any atom is 0.218 e. The summed E-state index contributed by atoms with van der Waals surface area (Å²) in [7, 11) is 4.02. The van der Waals surface area contributed by atoms with Gasteiger partial charge in [-0.25, -0.2) is 0 Å². The van der Waals surface area contributed by atoms with Crippen molar-refractivity contribution in [3.63, 3.8) is 0 Å². The fraction of sp³-hybridized carbons (Fsp3) is 0.818. The molecule has 0 saturated heterocycles. The van der Waals surface area contributed by atoms with Gasteiger partial charge >= 0.3 is 0 Å². The van der Waals surface area contributed by atoms with Gasteiger partial charge in [0.1, 0.15) is 0 Å². The Morgan fingerprint density at radius 2 is 1.35 bits per heavy atom. The fourth-order valence-corrected chi connectivity index (χ4v) is 1.48. The van der Waals surface area contributed by atoms with E-state index in [2.05, 4.69) is 9.80 Å². The van der Waals surface area contributed by atoms with E-state index in [-0.39, 0.29) is 11.8 Å². The Kier molecular flexibility index (Phi) is 8.35. The molecule has 0 fully saturated rings. The van der Waals surface area contributed by atoms with E-state index in [1.54, 1.807) is 0 Å². The number of carbonyl (C=O) groups is 2. The normalized spacial score (nSPS) is 11.1. The molecule has 6 nitrogen and oxygen atoms in total. The predicted octanol–water partition coefficient (Wildman–Crippen LogP) is -1.01. The van der Waals surface area contributed by atoms with Gasteiger partial charge in [-0.05, 0) is 33.6 Å². The third-order valence-electron chi connectivity index (χ3n) is 2.43. The average Bonchev–Trinajstić information content (AvgIpc) is 2.20. The smallest absolute Gasteiger partial charge is 0.218 e. The molecule has 0 spiro atoms. The lowest BCUT2D eigenvalue weighted by atomic mass is 10.3. The lowest BCUT2D eigenvalue weighted by Crippen LogP contribution is -2.33. The second kappa shape index (κ2) is 8.95. The first kappa shape index (κ1) is 15.9. The lowest BCUT2D eigenvalue weighted by Gasteiger charge is -2.21. The van der Waals surface area contributed by atoms with Crippen LogP contribution in [0.4, 0.5) is 0 Å². The molecule has 0 saturated carbocycles. The number of nitrogens with zero attached hydrogens (tertiary/aromatic N) is 2. The maximum absolute atomic E-state index is 10.7. The van der Waals surface area contributed by atoms with Crippen LogP contribution in [-0.4, -0.2) is 61.9 Å². The van der Waals surface area contributed by atoms with E-state index in [1.165, 1.54) is 0 Å². The molecule has 0 radical (unpaired) electrons. The zero-order chi connectivity index (χ0) is 13.3. The summed E-state index contributed by atoms with van der Waals surface area (Å²) in [6.45, 7) is 3.01. The molecule has 0 aliphatic carbocycles. The molecule has 0 rings (SSSR count). The molecule has 0 atom stereocenters. The van der Waals surface area contributed by atoms with E-state index in [1.807, 2.05) is 14.1 Å². The average molecular weight is 244 g/mol. The molecule has 0 aromatic heterocycles. The van der Waals surface area contributed by atoms with Crippen molar-refractivity contribution in [2.24, 2.45) is 11.5 Å². The largest absolute Gasteiger partial charge is 0.370 e. The minimum absolute atomic E-state index is 0.318. The van der Waals surface area contributed by atoms with Crippen LogP contribution in [0.5, 0.6) is 0 Å². The van der Waals surface area contributed by atoms with Crippen molar-refractivity contribution in [3.8, 4) is 0 Å². The van der Waals surface area contributed by atoms with E-state index in [0.29, 0.717) is 25.9 Å². The summed E-state index contributed by atoms with van der Waals surface area (Å²) in [6, 6.07) is 0. The van der Waals surface area contributed by atoms with Crippen LogP contribution in [0.2, 0.25) is 0 Å². The van der Waals surface area contributed by atoms with E-state index < -0.39 is 0 Å². The summed E-state index contributed by atoms with van der Waals surface area (Å²) in [5.41, 5.74) is 10.2. The minimum atomic E-state index is -0.318. The Labute approximate surface area is 103 Å². The summed E-state index contributed by atoms with van der Waals surface area (Å²) in [5.74, 6) is -0.636. The minimum Gasteiger partial charge on any atom is -0.370 e. The van der Waals surface area contributed by atoms with Crippen LogP contribution >= 0.6 is 0 Å². The summed E-state index contributed by atoms with van der Waals surface area (Å²) in [5, 5.41) is 0. The highest BCUT2D eigenvalue weighted by Crippen LogP contribution is 1.97. The standard InChI is InChI=1S/C11H24N4O2/c1-14(2)6-3-7-15(8-4-10(12)16)9-5-11(13)17/h3-9H2,1-2H3,(H2,12,16)(H2,13,17). The van der Waals surface area contributed by atoms with Crippen LogP contribution in [-0.2, 0) is 9.59 Å². The van der Waals surface area contributed by atoms with Crippen molar-refractivity contribution < 1.29 is 9.59 Å². The van der Waals surface area contributed by atoms with Crippen LogP contribution in [0.25, 0.3) is 0 Å². The van der Waals surface area contributed by atoms with E-state index in [4.69, 9.17) is 11.5 Å². The zero-order valence-electron chi connectivity index (χ0n) is 10.8. The van der Waals surface area contributed by atoms with Crippen molar-refractivity contribution >= 4 is 11.8 Å². The summed E-state index contributed by atoms with van der Waals surface area (Å²) < 4.78 is 0. The maximum atomic E-state index is 10.7. The van der Waals surface area contributed by atoms with Crippen LogP contribution in [0.15, 0.2) is 0 Å². The predicted molar refractivity (Wildman–Crippen MR) is 67.2 cm³/mol. The second-order valence-electron chi connectivity index (χ2n) is 4.43. The monoisotopic (exact) mass is 244 g/mol. The van der Waals surface area contributed by atoms with Gasteiger partial charge in [0, 0.05) is 25.9 Å². The Balaban J connectivity index is 3.91. The van der Waals surface area contributed by atoms with Crippen LogP contribution in [0.3, 0.4) is 0 Å². The highest BCUT2D eigenvalue weighted by atomic mass is 16.1. The van der Waals surface area contributed by atoms with Gasteiger partial charge in [-0.2, -0.15) is 0 Å². The zero-order valence-corrected chi connectivity index (χ0v) is 10.8. The molecule has 0 aromatic carbocycles. The van der Waals surface area contributed by atoms with Crippen molar-refractivity contribution in [2.75, 3.05) is 40.3 Å². The fourth-order valence-electron chi connectivity index (χ4n) is 1.48. The van der Waals surface area contributed by atoms with Crippen molar-refractivity contribution in [1.29, 1.82) is 0 Å². The third kappa shape index (κ3) is 11.1. The number of hydrogen-bond donors (Lipinski definition) is 2. The first-order chi connectivity index (χ1) is 7.91. The van der Waals surface area contributed by atoms with E-state index in [0.717, 1.165) is 19.5 Å². The molecule has 0 heterocycles. The van der Waals surface area contributed by atoms with Gasteiger partial charge in [-0.15, -0.1) is 0 Å². The SMILES string of the molecule is CN(C)CCCN(CCC(N)=O)CCC(N)=O. The molecule has 0 unspecified atom stereocenters. The second-order valence-corrected chi connectivity index (χ2v) is 4.43. The molecular weight excluding hydrogens is 220 g/mol. The quantitative estimate of drug-likeness (QED) is 0.515.